The highest BCUT2D eigenvalue weighted by Gasteiger charge is 2.64. The first-order valence-corrected chi connectivity index (χ1v) is 22.4. The molecule has 0 spiro atoms. The number of nitrogens with one attached hydrogen (secondary N) is 3. The van der Waals surface area contributed by atoms with Crippen LogP contribution in [-0.4, -0.2) is 89.3 Å². The van der Waals surface area contributed by atoms with Crippen LogP contribution >= 0.6 is 11.6 Å². The molecule has 16 heteroatoms. The Morgan fingerprint density at radius 3 is 2.26 bits per heavy atom. The van der Waals surface area contributed by atoms with Crippen molar-refractivity contribution in [1.82, 2.24) is 31.0 Å². The Labute approximate surface area is 385 Å². The van der Waals surface area contributed by atoms with Crippen LogP contribution in [0.1, 0.15) is 109 Å². The number of nitrogens with zero attached hydrogens (tertiary/aromatic N) is 4. The van der Waals surface area contributed by atoms with Gasteiger partial charge in [-0.2, -0.15) is 10.2 Å². The van der Waals surface area contributed by atoms with E-state index in [4.69, 9.17) is 30.3 Å². The van der Waals surface area contributed by atoms with Gasteiger partial charge >= 0.3 is 0 Å². The summed E-state index contributed by atoms with van der Waals surface area (Å²) in [5.74, 6) is 0.511. The number of halogens is 1. The number of unbranched alkanes of at least 4 members (excludes halogenated alkanes) is 1. The first-order valence-electron chi connectivity index (χ1n) is 22.1. The molecule has 346 valence electrons. The van der Waals surface area contributed by atoms with E-state index >= 15 is 0 Å². The Hall–Kier alpha value is -5.98. The van der Waals surface area contributed by atoms with Gasteiger partial charge in [0.05, 0.1) is 23.2 Å². The summed E-state index contributed by atoms with van der Waals surface area (Å²) in [4.78, 5) is 59.6. The van der Waals surface area contributed by atoms with Gasteiger partial charge in [-0.25, -0.2) is 0 Å². The number of carbonyl (C=O) groups is 4. The lowest BCUT2D eigenvalue weighted by Gasteiger charge is -2.63. The van der Waals surface area contributed by atoms with E-state index in [0.717, 1.165) is 11.1 Å². The van der Waals surface area contributed by atoms with Crippen molar-refractivity contribution in [3.05, 3.63) is 94.8 Å². The van der Waals surface area contributed by atoms with E-state index in [2.05, 4.69) is 59.9 Å². The third kappa shape index (κ3) is 11.5. The largest absolute Gasteiger partial charge is 0.494 e. The Balaban J connectivity index is 0.892. The Morgan fingerprint density at radius 1 is 0.954 bits per heavy atom. The lowest BCUT2D eigenvalue weighted by molar-refractivity contribution is -0.164. The van der Waals surface area contributed by atoms with Crippen molar-refractivity contribution in [2.24, 2.45) is 16.2 Å². The van der Waals surface area contributed by atoms with Crippen molar-refractivity contribution in [2.45, 2.75) is 111 Å². The molecule has 3 atom stereocenters. The maximum absolute atomic E-state index is 14.0. The highest BCUT2D eigenvalue weighted by atomic mass is 35.5. The predicted octanol–water partition coefficient (Wildman–Crippen LogP) is 7.45. The molecule has 0 unspecified atom stereocenters. The summed E-state index contributed by atoms with van der Waals surface area (Å²) in [5, 5.41) is 22.5. The van der Waals surface area contributed by atoms with Gasteiger partial charge < -0.3 is 39.6 Å². The molecule has 1 aliphatic carbocycles. The highest BCUT2D eigenvalue weighted by molar-refractivity contribution is 6.31. The number of rotatable bonds is 18. The fraction of sp³-hybridized carbons (Fsp3) is 0.490. The van der Waals surface area contributed by atoms with E-state index < -0.39 is 34.2 Å². The van der Waals surface area contributed by atoms with Crippen LogP contribution in [0.25, 0.3) is 11.4 Å². The molecule has 2 aliphatic rings. The fourth-order valence-corrected chi connectivity index (χ4v) is 9.32. The average molecular weight is 911 g/mol. The quantitative estimate of drug-likeness (QED) is 0.0839. The number of hydrogen-bond donors (Lipinski definition) is 3. The van der Waals surface area contributed by atoms with Crippen LogP contribution < -0.4 is 25.4 Å². The smallest absolute Gasteiger partial charge is 0.251 e. The number of amides is 4. The second-order valence-corrected chi connectivity index (χ2v) is 19.5. The molecule has 6 rings (SSSR count). The van der Waals surface area contributed by atoms with Gasteiger partial charge in [0.1, 0.15) is 42.4 Å². The minimum absolute atomic E-state index is 0.174. The topological polar surface area (TPSA) is 198 Å². The third-order valence-corrected chi connectivity index (χ3v) is 12.7. The number of hydrogen-bond acceptors (Lipinski definition) is 11. The van der Waals surface area contributed by atoms with Crippen molar-refractivity contribution in [2.75, 3.05) is 26.4 Å². The first-order chi connectivity index (χ1) is 30.8. The van der Waals surface area contributed by atoms with Crippen molar-refractivity contribution < 1.29 is 37.9 Å². The molecule has 0 bridgehead atoms. The van der Waals surface area contributed by atoms with Crippen LogP contribution in [0.5, 0.6) is 11.5 Å². The molecule has 1 aromatic heterocycles. The van der Waals surface area contributed by atoms with Crippen molar-refractivity contribution in [3.63, 3.8) is 0 Å². The molecule has 2 fully saturated rings. The summed E-state index contributed by atoms with van der Waals surface area (Å²) in [7, 11) is 0. The van der Waals surface area contributed by atoms with Gasteiger partial charge in [0, 0.05) is 47.2 Å². The molecule has 3 aromatic carbocycles. The molecule has 4 aromatic rings. The Kier molecular flexibility index (Phi) is 15.3. The van der Waals surface area contributed by atoms with E-state index in [-0.39, 0.29) is 42.5 Å². The number of benzene rings is 3. The van der Waals surface area contributed by atoms with Gasteiger partial charge in [0.2, 0.25) is 29.9 Å². The van der Waals surface area contributed by atoms with E-state index in [1.807, 2.05) is 52.0 Å². The SMILES string of the molecule is C[C@H](NC(=O)[C@@H]1CCCN1C(=O)[C@@H](NC(=O)COCCCCOc1ccc(C(=O)NC2C(C)(C)C(Oc3ccc(C#N)c(Cl)c3)C2(C)C)cc1)C(C)(C)C)c1ccc(-c2ncon2)cc1. The van der Waals surface area contributed by atoms with E-state index in [0.29, 0.717) is 78.9 Å². The molecule has 1 saturated carbocycles. The standard InChI is InChI=1S/C49H60ClN7O8/c1-30(31-13-15-32(16-14-31)41-52-29-64-56-41)53-43(60)38-12-11-23-57(38)44(61)40(47(2,3)4)54-39(58)28-62-24-9-10-25-63-35-20-17-33(18-21-35)42(59)55-45-48(5,6)46(49(45,7)8)65-36-22-19-34(27-51)37(50)26-36/h13-22,26,29-30,38,40,45-46H,9-12,23-25,28H2,1-8H3,(H,53,60)(H,54,58)(H,55,59)/t30-,38-,40+,45?,46?/m0/s1. The van der Waals surface area contributed by atoms with Gasteiger partial charge in [-0.3, -0.25) is 19.2 Å². The van der Waals surface area contributed by atoms with Crippen LogP contribution in [0.15, 0.2) is 77.6 Å². The summed E-state index contributed by atoms with van der Waals surface area (Å²) in [6, 6.07) is 19.6. The van der Waals surface area contributed by atoms with Crippen molar-refractivity contribution in [3.8, 4) is 29.0 Å². The minimum atomic E-state index is -0.863. The van der Waals surface area contributed by atoms with Crippen LogP contribution in [0, 0.1) is 27.6 Å². The number of nitriles is 1. The zero-order valence-corrected chi connectivity index (χ0v) is 39.2. The number of aromatic nitrogens is 2. The molecular formula is C49H60ClN7O8. The zero-order chi connectivity index (χ0) is 47.1. The number of ether oxygens (including phenoxy) is 3. The Bertz CT molecular complexity index is 2320. The lowest BCUT2D eigenvalue weighted by atomic mass is 9.49. The third-order valence-electron chi connectivity index (χ3n) is 12.4. The second kappa shape index (κ2) is 20.5. The summed E-state index contributed by atoms with van der Waals surface area (Å²) in [6.07, 6.45) is 3.55. The van der Waals surface area contributed by atoms with Gasteiger partial charge in [-0.05, 0) is 80.0 Å². The lowest BCUT2D eigenvalue weighted by Crippen LogP contribution is -2.74. The average Bonchev–Trinajstić information content (AvgIpc) is 4.00. The van der Waals surface area contributed by atoms with Crippen LogP contribution in [0.4, 0.5) is 0 Å². The molecule has 0 radical (unpaired) electrons. The van der Waals surface area contributed by atoms with E-state index in [1.54, 1.807) is 47.4 Å². The molecule has 2 heterocycles. The molecular weight excluding hydrogens is 850 g/mol. The maximum atomic E-state index is 14.0. The number of likely N-dealkylation sites (tertiary alicyclic amines) is 1. The normalized spacial score (nSPS) is 19.5. The van der Waals surface area contributed by atoms with E-state index in [1.165, 1.54) is 6.39 Å². The fourth-order valence-electron chi connectivity index (χ4n) is 9.11. The number of carbonyl (C=O) groups excluding carboxylic acids is 4. The molecule has 4 amide bonds. The van der Waals surface area contributed by atoms with Gasteiger partial charge in [0.15, 0.2) is 0 Å². The maximum Gasteiger partial charge on any atom is 0.251 e. The molecule has 1 saturated heterocycles. The van der Waals surface area contributed by atoms with Crippen molar-refractivity contribution in [1.29, 1.82) is 5.26 Å². The predicted molar refractivity (Wildman–Crippen MR) is 244 cm³/mol. The summed E-state index contributed by atoms with van der Waals surface area (Å²) in [6.45, 7) is 16.7. The molecule has 65 heavy (non-hydrogen) atoms. The van der Waals surface area contributed by atoms with Gasteiger partial charge in [-0.15, -0.1) is 0 Å². The van der Waals surface area contributed by atoms with Gasteiger partial charge in [-0.1, -0.05) is 89.5 Å². The van der Waals surface area contributed by atoms with Crippen LogP contribution in [0.3, 0.4) is 0 Å². The minimum Gasteiger partial charge on any atom is -0.494 e. The molecule has 15 nitrogen and oxygen atoms in total. The zero-order valence-electron chi connectivity index (χ0n) is 38.4. The molecule has 1 aliphatic heterocycles. The van der Waals surface area contributed by atoms with Crippen molar-refractivity contribution >= 4 is 35.2 Å². The summed E-state index contributed by atoms with van der Waals surface area (Å²) >= 11 is 6.23. The monoisotopic (exact) mass is 909 g/mol. The van der Waals surface area contributed by atoms with Gasteiger partial charge in [0.25, 0.3) is 5.91 Å². The summed E-state index contributed by atoms with van der Waals surface area (Å²) < 4.78 is 22.7. The Morgan fingerprint density at radius 2 is 1.63 bits per heavy atom. The highest BCUT2D eigenvalue weighted by Crippen LogP contribution is 2.55. The first kappa shape index (κ1) is 48.5. The molecule has 3 N–H and O–H groups in total. The second-order valence-electron chi connectivity index (χ2n) is 19.1. The van der Waals surface area contributed by atoms with Crippen LogP contribution in [-0.2, 0) is 19.1 Å². The van der Waals surface area contributed by atoms with E-state index in [9.17, 15) is 24.4 Å². The summed E-state index contributed by atoms with van der Waals surface area (Å²) in [5.41, 5.74) is 1.15. The van der Waals surface area contributed by atoms with Crippen LogP contribution in [0.2, 0.25) is 5.02 Å².